The summed E-state index contributed by atoms with van der Waals surface area (Å²) in [5, 5.41) is 4.64. The number of aromatic nitrogens is 1. The van der Waals surface area contributed by atoms with Crippen LogP contribution in [-0.2, 0) is 11.3 Å². The third-order valence-corrected chi connectivity index (χ3v) is 3.72. The maximum absolute atomic E-state index is 12.0. The van der Waals surface area contributed by atoms with Gasteiger partial charge in [0.1, 0.15) is 0 Å². The first-order chi connectivity index (χ1) is 10.3. The Morgan fingerprint density at radius 3 is 3.14 bits per heavy atom. The molecule has 21 heavy (non-hydrogen) atoms. The van der Waals surface area contributed by atoms with Crippen LogP contribution < -0.4 is 0 Å². The van der Waals surface area contributed by atoms with E-state index in [9.17, 15) is 4.79 Å². The first-order valence-corrected chi connectivity index (χ1v) is 6.88. The maximum atomic E-state index is 12.0. The molecule has 2 aromatic rings. The highest BCUT2D eigenvalue weighted by atomic mass is 16.2. The zero-order valence-corrected chi connectivity index (χ0v) is 11.5. The maximum Gasteiger partial charge on any atom is 0.223 e. The molecule has 0 bridgehead atoms. The second-order valence-electron chi connectivity index (χ2n) is 5.29. The molecule has 1 aromatic heterocycles. The zero-order valence-electron chi connectivity index (χ0n) is 11.5. The molecule has 2 heterocycles. The van der Waals surface area contributed by atoms with Crippen LogP contribution in [0, 0.1) is 5.92 Å². The van der Waals surface area contributed by atoms with E-state index >= 15 is 0 Å². The summed E-state index contributed by atoms with van der Waals surface area (Å²) in [7, 11) is 0. The standard InChI is InChI=1S/C15H15N5O/c16-19-18-8-12-6-15(21)20(10-12)9-11-5-13-3-1-2-4-14(13)17-7-11/h1-5,7,12H,6,8-10H2. The number of carbonyl (C=O) groups excluding carboxylic acids is 1. The molecule has 1 fully saturated rings. The molecule has 0 radical (unpaired) electrons. The van der Waals surface area contributed by atoms with Crippen LogP contribution in [-0.4, -0.2) is 28.9 Å². The second-order valence-corrected chi connectivity index (χ2v) is 5.29. The van der Waals surface area contributed by atoms with Crippen molar-refractivity contribution >= 4 is 16.8 Å². The van der Waals surface area contributed by atoms with Crippen LogP contribution in [0.15, 0.2) is 41.6 Å². The number of carbonyl (C=O) groups is 1. The largest absolute Gasteiger partial charge is 0.338 e. The summed E-state index contributed by atoms with van der Waals surface area (Å²) in [5.74, 6) is 0.239. The fourth-order valence-corrected chi connectivity index (χ4v) is 2.70. The van der Waals surface area contributed by atoms with Gasteiger partial charge in [-0.05, 0) is 29.1 Å². The van der Waals surface area contributed by atoms with Gasteiger partial charge in [-0.15, -0.1) is 0 Å². The topological polar surface area (TPSA) is 82.0 Å². The lowest BCUT2D eigenvalue weighted by Crippen LogP contribution is -2.24. The quantitative estimate of drug-likeness (QED) is 0.490. The van der Waals surface area contributed by atoms with Gasteiger partial charge in [-0.3, -0.25) is 9.78 Å². The first-order valence-electron chi connectivity index (χ1n) is 6.88. The van der Waals surface area contributed by atoms with Crippen LogP contribution in [0.1, 0.15) is 12.0 Å². The molecular formula is C15H15N5O. The van der Waals surface area contributed by atoms with Crippen LogP contribution in [0.2, 0.25) is 0 Å². The highest BCUT2D eigenvalue weighted by molar-refractivity contribution is 5.80. The van der Waals surface area contributed by atoms with Crippen molar-refractivity contribution in [2.24, 2.45) is 11.0 Å². The summed E-state index contributed by atoms with van der Waals surface area (Å²) in [4.78, 5) is 21.0. The summed E-state index contributed by atoms with van der Waals surface area (Å²) < 4.78 is 0. The van der Waals surface area contributed by atoms with E-state index < -0.39 is 0 Å². The zero-order chi connectivity index (χ0) is 14.7. The monoisotopic (exact) mass is 281 g/mol. The third-order valence-electron chi connectivity index (χ3n) is 3.72. The molecule has 106 valence electrons. The predicted molar refractivity (Wildman–Crippen MR) is 79.3 cm³/mol. The van der Waals surface area contributed by atoms with Gasteiger partial charge in [-0.25, -0.2) is 0 Å². The molecule has 6 nitrogen and oxygen atoms in total. The fraction of sp³-hybridized carbons (Fsp3) is 0.333. The second kappa shape index (κ2) is 5.81. The van der Waals surface area contributed by atoms with Gasteiger partial charge < -0.3 is 4.90 Å². The summed E-state index contributed by atoms with van der Waals surface area (Å²) >= 11 is 0. The van der Waals surface area contributed by atoms with Gasteiger partial charge in [0.05, 0.1) is 5.52 Å². The molecule has 1 aromatic carbocycles. The number of azide groups is 1. The highest BCUT2D eigenvalue weighted by Gasteiger charge is 2.28. The Balaban J connectivity index is 1.73. The fourth-order valence-electron chi connectivity index (χ4n) is 2.70. The van der Waals surface area contributed by atoms with E-state index in [1.165, 1.54) is 0 Å². The normalized spacial score (nSPS) is 18.0. The highest BCUT2D eigenvalue weighted by Crippen LogP contribution is 2.21. The summed E-state index contributed by atoms with van der Waals surface area (Å²) in [6.45, 7) is 1.59. The Kier molecular flexibility index (Phi) is 3.71. The van der Waals surface area contributed by atoms with Crippen LogP contribution in [0.25, 0.3) is 21.3 Å². The molecule has 0 spiro atoms. The van der Waals surface area contributed by atoms with Gasteiger partial charge in [0, 0.05) is 42.5 Å². The van der Waals surface area contributed by atoms with Crippen molar-refractivity contribution in [3.8, 4) is 0 Å². The van der Waals surface area contributed by atoms with Crippen molar-refractivity contribution in [2.75, 3.05) is 13.1 Å². The van der Waals surface area contributed by atoms with E-state index in [1.54, 1.807) is 0 Å². The molecule has 3 rings (SSSR count). The SMILES string of the molecule is [N-]=[N+]=NCC1CC(=O)N(Cc2cnc3ccccc3c2)C1. The number of benzene rings is 1. The van der Waals surface area contributed by atoms with Crippen molar-refractivity contribution in [3.05, 3.63) is 52.5 Å². The van der Waals surface area contributed by atoms with Crippen molar-refractivity contribution < 1.29 is 4.79 Å². The van der Waals surface area contributed by atoms with Crippen molar-refractivity contribution in [3.63, 3.8) is 0 Å². The lowest BCUT2D eigenvalue weighted by Gasteiger charge is -2.16. The minimum atomic E-state index is 0.112. The van der Waals surface area contributed by atoms with Crippen LogP contribution in [0.3, 0.4) is 0 Å². The van der Waals surface area contributed by atoms with Crippen molar-refractivity contribution in [2.45, 2.75) is 13.0 Å². The number of fused-ring (bicyclic) bond motifs is 1. The number of pyridine rings is 1. The van der Waals surface area contributed by atoms with Gasteiger partial charge in [-0.1, -0.05) is 23.3 Å². The Labute approximate surface area is 122 Å². The Morgan fingerprint density at radius 1 is 1.43 bits per heavy atom. The van der Waals surface area contributed by atoms with Gasteiger partial charge in [0.15, 0.2) is 0 Å². The number of likely N-dealkylation sites (tertiary alicyclic amines) is 1. The molecule has 1 aliphatic rings. The van der Waals surface area contributed by atoms with Gasteiger partial charge >= 0.3 is 0 Å². The van der Waals surface area contributed by atoms with E-state index in [2.05, 4.69) is 21.1 Å². The average molecular weight is 281 g/mol. The first kappa shape index (κ1) is 13.4. The molecule has 1 aliphatic heterocycles. The van der Waals surface area contributed by atoms with Crippen molar-refractivity contribution in [1.82, 2.24) is 9.88 Å². The molecule has 1 atom stereocenters. The molecule has 1 saturated heterocycles. The number of rotatable bonds is 4. The minimum absolute atomic E-state index is 0.112. The van der Waals surface area contributed by atoms with E-state index in [1.807, 2.05) is 35.4 Å². The average Bonchev–Trinajstić information content (AvgIpc) is 2.85. The van der Waals surface area contributed by atoms with Gasteiger partial charge in [-0.2, -0.15) is 0 Å². The van der Waals surface area contributed by atoms with Crippen molar-refractivity contribution in [1.29, 1.82) is 0 Å². The third kappa shape index (κ3) is 2.95. The number of nitrogens with zero attached hydrogens (tertiary/aromatic N) is 5. The Morgan fingerprint density at radius 2 is 2.29 bits per heavy atom. The summed E-state index contributed by atoms with van der Waals surface area (Å²) in [6, 6.07) is 9.98. The molecule has 1 amide bonds. The molecule has 6 heteroatoms. The number of amides is 1. The van der Waals surface area contributed by atoms with E-state index in [-0.39, 0.29) is 11.8 Å². The van der Waals surface area contributed by atoms with Crippen LogP contribution in [0.4, 0.5) is 0 Å². The Hall–Kier alpha value is -2.59. The van der Waals surface area contributed by atoms with Gasteiger partial charge in [0.2, 0.25) is 5.91 Å². The summed E-state index contributed by atoms with van der Waals surface area (Å²) in [6.07, 6.45) is 2.27. The van der Waals surface area contributed by atoms with E-state index in [0.717, 1.165) is 16.5 Å². The predicted octanol–water partition coefficient (Wildman–Crippen LogP) is 2.89. The Bertz CT molecular complexity index is 723. The van der Waals surface area contributed by atoms with E-state index in [0.29, 0.717) is 26.1 Å². The lowest BCUT2D eigenvalue weighted by molar-refractivity contribution is -0.128. The smallest absolute Gasteiger partial charge is 0.223 e. The molecule has 1 unspecified atom stereocenters. The minimum Gasteiger partial charge on any atom is -0.338 e. The molecular weight excluding hydrogens is 266 g/mol. The molecule has 0 saturated carbocycles. The van der Waals surface area contributed by atoms with Crippen LogP contribution >= 0.6 is 0 Å². The number of hydrogen-bond acceptors (Lipinski definition) is 3. The van der Waals surface area contributed by atoms with Crippen LogP contribution in [0.5, 0.6) is 0 Å². The lowest BCUT2D eigenvalue weighted by atomic mass is 10.1. The molecule has 0 aliphatic carbocycles. The number of hydrogen-bond donors (Lipinski definition) is 0. The van der Waals surface area contributed by atoms with E-state index in [4.69, 9.17) is 5.53 Å². The number of para-hydroxylation sites is 1. The van der Waals surface area contributed by atoms with Gasteiger partial charge in [0.25, 0.3) is 0 Å². The molecule has 0 N–H and O–H groups in total. The summed E-state index contributed by atoms with van der Waals surface area (Å²) in [5.41, 5.74) is 10.3.